The van der Waals surface area contributed by atoms with Crippen molar-refractivity contribution in [3.8, 4) is 0 Å². The molecule has 1 aliphatic heterocycles. The first-order valence-corrected chi connectivity index (χ1v) is 7.12. The molecule has 2 aromatic rings. The van der Waals surface area contributed by atoms with E-state index >= 15 is 0 Å². The maximum absolute atomic E-state index is 11.6. The van der Waals surface area contributed by atoms with Gasteiger partial charge in [0.2, 0.25) is 5.09 Å². The fourth-order valence-corrected chi connectivity index (χ4v) is 3.62. The highest BCUT2D eigenvalue weighted by Crippen LogP contribution is 2.26. The van der Waals surface area contributed by atoms with Crippen molar-refractivity contribution >= 4 is 39.8 Å². The van der Waals surface area contributed by atoms with Gasteiger partial charge in [0.05, 0.1) is 10.9 Å². The Kier molecular flexibility index (Phi) is 2.57. The van der Waals surface area contributed by atoms with Crippen molar-refractivity contribution in [1.29, 1.82) is 0 Å². The molecule has 0 radical (unpaired) electrons. The Hall–Kier alpha value is -1.11. The molecular formula is C10H6ClNO3S2. The molecular weight excluding hydrogens is 282 g/mol. The molecule has 1 unspecified atom stereocenters. The molecule has 1 atom stereocenters. The van der Waals surface area contributed by atoms with Gasteiger partial charge < -0.3 is 4.42 Å². The summed E-state index contributed by atoms with van der Waals surface area (Å²) in [6, 6.07) is 3.63. The number of aromatic nitrogens is 1. The predicted molar refractivity (Wildman–Crippen MR) is 66.8 cm³/mol. The molecule has 3 rings (SSSR count). The molecule has 0 saturated heterocycles. The van der Waals surface area contributed by atoms with Gasteiger partial charge in [0.25, 0.3) is 0 Å². The maximum atomic E-state index is 11.6. The minimum Gasteiger partial charge on any atom is -0.398 e. The first kappa shape index (κ1) is 11.0. The Morgan fingerprint density at radius 2 is 2.29 bits per heavy atom. The number of fused-ring (bicyclic) bond motifs is 1. The Morgan fingerprint density at radius 3 is 3.00 bits per heavy atom. The molecule has 0 aliphatic carbocycles. The fraction of sp³-hybridized carbons (Fsp3) is 0.100. The lowest BCUT2D eigenvalue weighted by Crippen LogP contribution is -2.15. The number of hydrogen-bond donors (Lipinski definition) is 0. The van der Waals surface area contributed by atoms with Crippen LogP contribution in [-0.2, 0) is 17.3 Å². The molecule has 88 valence electrons. The number of halogens is 1. The highest BCUT2D eigenvalue weighted by molar-refractivity contribution is 7.88. The predicted octanol–water partition coefficient (Wildman–Crippen LogP) is 2.30. The van der Waals surface area contributed by atoms with E-state index in [1.807, 2.05) is 6.07 Å². The minimum atomic E-state index is -1.33. The Morgan fingerprint density at radius 1 is 1.47 bits per heavy atom. The van der Waals surface area contributed by atoms with E-state index in [4.69, 9.17) is 16.0 Å². The molecule has 0 spiro atoms. The molecule has 7 heteroatoms. The molecule has 3 heterocycles. The van der Waals surface area contributed by atoms with Crippen LogP contribution in [0.15, 0.2) is 31.8 Å². The van der Waals surface area contributed by atoms with Crippen molar-refractivity contribution in [2.45, 2.75) is 11.6 Å². The standard InChI is InChI=1S/C10H6ClNO3S2/c11-8-2-1-6(16-8)5-12-7-3-4-17(14)9(7)15-10(12)13/h1-4H,5H2. The molecule has 0 bridgehead atoms. The average Bonchev–Trinajstić information content (AvgIpc) is 2.91. The van der Waals surface area contributed by atoms with Gasteiger partial charge in [-0.2, -0.15) is 0 Å². The van der Waals surface area contributed by atoms with Crippen LogP contribution >= 0.6 is 22.9 Å². The number of rotatable bonds is 2. The molecule has 0 saturated carbocycles. The molecule has 1 aliphatic rings. The van der Waals surface area contributed by atoms with E-state index in [0.717, 1.165) is 4.88 Å². The third-order valence-corrected chi connectivity index (χ3v) is 4.63. The second kappa shape index (κ2) is 3.97. The fourth-order valence-electron chi connectivity index (χ4n) is 1.63. The van der Waals surface area contributed by atoms with Crippen LogP contribution in [0.3, 0.4) is 0 Å². The summed E-state index contributed by atoms with van der Waals surface area (Å²) >= 11 is 7.23. The lowest BCUT2D eigenvalue weighted by atomic mass is 10.4. The van der Waals surface area contributed by atoms with Crippen molar-refractivity contribution in [2.24, 2.45) is 0 Å². The van der Waals surface area contributed by atoms with Crippen LogP contribution in [0.1, 0.15) is 10.6 Å². The zero-order valence-electron chi connectivity index (χ0n) is 8.38. The lowest BCUT2D eigenvalue weighted by molar-refractivity contribution is 0.417. The number of nitrogens with zero attached hydrogens (tertiary/aromatic N) is 1. The molecule has 0 N–H and O–H groups in total. The van der Waals surface area contributed by atoms with Gasteiger partial charge in [-0.3, -0.25) is 4.57 Å². The zero-order valence-corrected chi connectivity index (χ0v) is 10.8. The van der Waals surface area contributed by atoms with E-state index in [0.29, 0.717) is 16.6 Å². The highest BCUT2D eigenvalue weighted by Gasteiger charge is 2.23. The Labute approximate surface area is 108 Å². The topological polar surface area (TPSA) is 52.2 Å². The quantitative estimate of drug-likeness (QED) is 0.851. The van der Waals surface area contributed by atoms with Crippen molar-refractivity contribution in [2.75, 3.05) is 0 Å². The first-order chi connectivity index (χ1) is 8.15. The number of thiophene rings is 1. The van der Waals surface area contributed by atoms with Crippen molar-refractivity contribution in [1.82, 2.24) is 4.57 Å². The second-order valence-electron chi connectivity index (χ2n) is 3.43. The maximum Gasteiger partial charge on any atom is 0.420 e. The largest absolute Gasteiger partial charge is 0.420 e. The van der Waals surface area contributed by atoms with Crippen LogP contribution < -0.4 is 5.76 Å². The van der Waals surface area contributed by atoms with Gasteiger partial charge in [0, 0.05) is 10.3 Å². The van der Waals surface area contributed by atoms with Crippen molar-refractivity contribution in [3.63, 3.8) is 0 Å². The summed E-state index contributed by atoms with van der Waals surface area (Å²) in [6.45, 7) is 0.386. The molecule has 4 nitrogen and oxygen atoms in total. The van der Waals surface area contributed by atoms with Gasteiger partial charge in [0.1, 0.15) is 16.5 Å². The average molecular weight is 288 g/mol. The number of hydrogen-bond acceptors (Lipinski definition) is 4. The van der Waals surface area contributed by atoms with Gasteiger partial charge in [-0.15, -0.1) is 11.3 Å². The third kappa shape index (κ3) is 1.82. The summed E-state index contributed by atoms with van der Waals surface area (Å²) in [6.07, 6.45) is 1.64. The van der Waals surface area contributed by atoms with E-state index in [9.17, 15) is 9.00 Å². The molecule has 0 amide bonds. The summed E-state index contributed by atoms with van der Waals surface area (Å²) in [5, 5.41) is 1.74. The normalized spacial score (nSPS) is 17.6. The summed E-state index contributed by atoms with van der Waals surface area (Å²) in [7, 11) is -1.33. The number of oxazole rings is 1. The summed E-state index contributed by atoms with van der Waals surface area (Å²) < 4.78 is 18.5. The van der Waals surface area contributed by atoms with Crippen LogP contribution in [0.5, 0.6) is 0 Å². The molecule has 0 fully saturated rings. The van der Waals surface area contributed by atoms with Gasteiger partial charge in [-0.25, -0.2) is 9.00 Å². The van der Waals surface area contributed by atoms with E-state index in [1.54, 1.807) is 12.1 Å². The van der Waals surface area contributed by atoms with Crippen LogP contribution in [0.4, 0.5) is 0 Å². The van der Waals surface area contributed by atoms with Gasteiger partial charge in [0.15, 0.2) is 0 Å². The smallest absolute Gasteiger partial charge is 0.398 e. The Balaban J connectivity index is 2.05. The van der Waals surface area contributed by atoms with Crippen LogP contribution in [0.2, 0.25) is 4.34 Å². The van der Waals surface area contributed by atoms with Crippen LogP contribution in [0, 0.1) is 0 Å². The van der Waals surface area contributed by atoms with Gasteiger partial charge >= 0.3 is 5.76 Å². The first-order valence-electron chi connectivity index (χ1n) is 4.72. The van der Waals surface area contributed by atoms with Crippen molar-refractivity contribution in [3.05, 3.63) is 43.0 Å². The zero-order chi connectivity index (χ0) is 12.0. The molecule has 17 heavy (non-hydrogen) atoms. The van der Waals surface area contributed by atoms with E-state index in [2.05, 4.69) is 0 Å². The van der Waals surface area contributed by atoms with Crippen LogP contribution in [-0.4, -0.2) is 8.78 Å². The van der Waals surface area contributed by atoms with E-state index in [1.165, 1.54) is 21.3 Å². The third-order valence-electron chi connectivity index (χ3n) is 2.38. The highest BCUT2D eigenvalue weighted by atomic mass is 35.5. The summed E-state index contributed by atoms with van der Waals surface area (Å²) in [5.74, 6) is -0.489. The van der Waals surface area contributed by atoms with Crippen LogP contribution in [0.25, 0.3) is 6.08 Å². The molecule has 0 aromatic carbocycles. The monoisotopic (exact) mass is 287 g/mol. The van der Waals surface area contributed by atoms with Gasteiger partial charge in [-0.1, -0.05) is 11.6 Å². The minimum absolute atomic E-state index is 0.234. The van der Waals surface area contributed by atoms with E-state index in [-0.39, 0.29) is 5.09 Å². The van der Waals surface area contributed by atoms with E-state index < -0.39 is 16.6 Å². The second-order valence-corrected chi connectivity index (χ2v) is 6.47. The lowest BCUT2D eigenvalue weighted by Gasteiger charge is -1.98. The Bertz CT molecular complexity index is 695. The SMILES string of the molecule is O=c1oc2c(n1Cc1ccc(Cl)s1)C=CS2=O. The summed E-state index contributed by atoms with van der Waals surface area (Å²) in [5.41, 5.74) is 0.581. The molecule has 2 aromatic heterocycles. The summed E-state index contributed by atoms with van der Waals surface area (Å²) in [4.78, 5) is 12.6. The van der Waals surface area contributed by atoms with Gasteiger partial charge in [-0.05, 0) is 18.2 Å². The van der Waals surface area contributed by atoms with Crippen molar-refractivity contribution < 1.29 is 8.63 Å².